The smallest absolute Gasteiger partial charge is 0.287 e. The Hall–Kier alpha value is -2.51. The van der Waals surface area contributed by atoms with E-state index < -0.39 is 17.9 Å². The van der Waals surface area contributed by atoms with E-state index in [0.717, 1.165) is 0 Å². The van der Waals surface area contributed by atoms with Crippen LogP contribution in [-0.2, 0) is 16.2 Å². The topological polar surface area (TPSA) is 129 Å². The van der Waals surface area contributed by atoms with Gasteiger partial charge in [-0.15, -0.1) is 0 Å². The molecule has 18 heavy (non-hydrogen) atoms. The third-order valence-corrected chi connectivity index (χ3v) is 2.22. The van der Waals surface area contributed by atoms with Crippen LogP contribution in [0, 0.1) is 0 Å². The monoisotopic (exact) mass is 251 g/mol. The zero-order chi connectivity index (χ0) is 13.0. The summed E-state index contributed by atoms with van der Waals surface area (Å²) in [5, 5.41) is 5.74. The molecule has 1 saturated heterocycles. The van der Waals surface area contributed by atoms with Crippen molar-refractivity contribution in [3.63, 3.8) is 0 Å². The predicted octanol–water partition coefficient (Wildman–Crippen LogP) is 0.250. The number of hydroxylamine groups is 1. The lowest BCUT2D eigenvalue weighted by atomic mass is 10.3. The molecule has 2 rings (SSSR count). The van der Waals surface area contributed by atoms with Crippen LogP contribution in [0.1, 0.15) is 16.3 Å². The largest absolute Gasteiger partial charge is 0.456 e. The molecule has 9 nitrogen and oxygen atoms in total. The number of amides is 2. The molecule has 1 aromatic rings. The highest BCUT2D eigenvalue weighted by molar-refractivity contribution is 5.95. The molecule has 1 fully saturated rings. The number of nitrogens with zero attached hydrogens (tertiary/aromatic N) is 3. The number of rotatable bonds is 4. The van der Waals surface area contributed by atoms with E-state index in [1.165, 1.54) is 12.1 Å². The minimum absolute atomic E-state index is 0.0246. The van der Waals surface area contributed by atoms with E-state index in [1.54, 1.807) is 0 Å². The summed E-state index contributed by atoms with van der Waals surface area (Å²) in [6.45, 7) is 0.0909. The maximum Gasteiger partial charge on any atom is 0.287 e. The minimum atomic E-state index is -0.733. The summed E-state index contributed by atoms with van der Waals surface area (Å²) in [6.07, 6.45) is 0. The summed E-state index contributed by atoms with van der Waals surface area (Å²) >= 11 is 0. The Morgan fingerprint density at radius 3 is 3.17 bits per heavy atom. The molecule has 0 unspecified atom stereocenters. The molecule has 1 aromatic heterocycles. The molecule has 0 aromatic carbocycles. The molecular formula is C9H9N5O4. The first-order valence-electron chi connectivity index (χ1n) is 5.03. The van der Waals surface area contributed by atoms with Crippen molar-refractivity contribution < 1.29 is 18.8 Å². The lowest BCUT2D eigenvalue weighted by Crippen LogP contribution is -2.41. The molecular weight excluding hydrogens is 242 g/mol. The second kappa shape index (κ2) is 5.21. The van der Waals surface area contributed by atoms with E-state index in [4.69, 9.17) is 9.95 Å². The van der Waals surface area contributed by atoms with Gasteiger partial charge < -0.3 is 9.73 Å². The number of hydrogen-bond acceptors (Lipinski definition) is 5. The second-order valence-electron chi connectivity index (χ2n) is 3.46. The van der Waals surface area contributed by atoms with Gasteiger partial charge in [0, 0.05) is 4.91 Å². The van der Waals surface area contributed by atoms with Crippen molar-refractivity contribution in [1.82, 2.24) is 10.8 Å². The molecule has 94 valence electrons. The Morgan fingerprint density at radius 2 is 2.50 bits per heavy atom. The molecule has 0 bridgehead atoms. The first-order chi connectivity index (χ1) is 8.70. The fraction of sp³-hybridized carbons (Fsp3) is 0.333. The molecule has 0 aliphatic carbocycles. The minimum Gasteiger partial charge on any atom is -0.456 e. The average molecular weight is 251 g/mol. The number of nitrogens with one attached hydrogen (secondary N) is 2. The van der Waals surface area contributed by atoms with Gasteiger partial charge in [-0.05, 0) is 17.7 Å². The van der Waals surface area contributed by atoms with E-state index in [9.17, 15) is 9.59 Å². The number of azide groups is 1. The molecule has 1 atom stereocenters. The Balaban J connectivity index is 1.98. The highest BCUT2D eigenvalue weighted by Crippen LogP contribution is 2.09. The van der Waals surface area contributed by atoms with Gasteiger partial charge in [0.15, 0.2) is 5.76 Å². The lowest BCUT2D eigenvalue weighted by molar-refractivity contribution is -0.125. The second-order valence-corrected chi connectivity index (χ2v) is 3.46. The van der Waals surface area contributed by atoms with E-state index in [1.807, 2.05) is 0 Å². The number of carbonyl (C=O) groups excluding carboxylic acids is 2. The first-order valence-corrected chi connectivity index (χ1v) is 5.03. The Morgan fingerprint density at radius 1 is 1.67 bits per heavy atom. The summed E-state index contributed by atoms with van der Waals surface area (Å²) in [5.41, 5.74) is 10.3. The number of carbonyl (C=O) groups is 2. The van der Waals surface area contributed by atoms with Crippen LogP contribution in [0.15, 0.2) is 21.7 Å². The number of hydrogen-bond donors (Lipinski definition) is 2. The summed E-state index contributed by atoms with van der Waals surface area (Å²) in [4.78, 5) is 30.1. The quantitative estimate of drug-likeness (QED) is 0.451. The standard InChI is InChI=1S/C9H9N5O4/c10-14-11-3-5-1-2-7(18-5)9(16)12-6-4-17-13-8(6)15/h1-2,6H,3-4H2,(H,12,16)(H,13,15)/t6-/m0/s1. The molecule has 9 heteroatoms. The summed E-state index contributed by atoms with van der Waals surface area (Å²) in [7, 11) is 0. The fourth-order valence-electron chi connectivity index (χ4n) is 1.37. The fourth-order valence-corrected chi connectivity index (χ4v) is 1.37. The van der Waals surface area contributed by atoms with Crippen LogP contribution in [0.3, 0.4) is 0 Å². The van der Waals surface area contributed by atoms with Gasteiger partial charge in [0.25, 0.3) is 11.8 Å². The van der Waals surface area contributed by atoms with Gasteiger partial charge in [0.1, 0.15) is 18.4 Å². The molecule has 1 aliphatic heterocycles. The predicted molar refractivity (Wildman–Crippen MR) is 56.9 cm³/mol. The van der Waals surface area contributed by atoms with Crippen LogP contribution >= 0.6 is 0 Å². The third-order valence-electron chi connectivity index (χ3n) is 2.22. The van der Waals surface area contributed by atoms with Gasteiger partial charge in [-0.25, -0.2) is 5.48 Å². The maximum absolute atomic E-state index is 11.7. The van der Waals surface area contributed by atoms with Gasteiger partial charge in [0.2, 0.25) is 0 Å². The van der Waals surface area contributed by atoms with E-state index in [0.29, 0.717) is 5.76 Å². The zero-order valence-electron chi connectivity index (χ0n) is 9.12. The van der Waals surface area contributed by atoms with Crippen molar-refractivity contribution in [2.24, 2.45) is 5.11 Å². The molecule has 0 spiro atoms. The van der Waals surface area contributed by atoms with E-state index >= 15 is 0 Å². The SMILES string of the molecule is [N-]=[N+]=NCc1ccc(C(=O)N[C@H]2CONC2=O)o1. The highest BCUT2D eigenvalue weighted by atomic mass is 16.7. The Bertz CT molecular complexity index is 519. The highest BCUT2D eigenvalue weighted by Gasteiger charge is 2.28. The van der Waals surface area contributed by atoms with Crippen molar-refractivity contribution in [3.8, 4) is 0 Å². The van der Waals surface area contributed by atoms with Gasteiger partial charge in [-0.1, -0.05) is 5.11 Å². The van der Waals surface area contributed by atoms with Crippen molar-refractivity contribution >= 4 is 11.8 Å². The maximum atomic E-state index is 11.7. The van der Waals surface area contributed by atoms with Crippen molar-refractivity contribution in [1.29, 1.82) is 0 Å². The van der Waals surface area contributed by atoms with Crippen molar-refractivity contribution in [2.45, 2.75) is 12.6 Å². The normalized spacial score (nSPS) is 18.0. The van der Waals surface area contributed by atoms with Crippen LogP contribution in [0.4, 0.5) is 0 Å². The lowest BCUT2D eigenvalue weighted by Gasteiger charge is -2.05. The molecule has 2 heterocycles. The van der Waals surface area contributed by atoms with Crippen LogP contribution in [0.2, 0.25) is 0 Å². The van der Waals surface area contributed by atoms with Crippen LogP contribution in [0.5, 0.6) is 0 Å². The summed E-state index contributed by atoms with van der Waals surface area (Å²) < 4.78 is 5.14. The molecule has 2 amide bonds. The Kier molecular flexibility index (Phi) is 3.46. The third kappa shape index (κ3) is 2.59. The average Bonchev–Trinajstić information content (AvgIpc) is 2.97. The van der Waals surface area contributed by atoms with Gasteiger partial charge in [-0.3, -0.25) is 14.4 Å². The van der Waals surface area contributed by atoms with Crippen LogP contribution < -0.4 is 10.8 Å². The van der Waals surface area contributed by atoms with Crippen molar-refractivity contribution in [3.05, 3.63) is 34.1 Å². The van der Waals surface area contributed by atoms with Gasteiger partial charge >= 0.3 is 0 Å². The summed E-state index contributed by atoms with van der Waals surface area (Å²) in [5.74, 6) is -0.542. The van der Waals surface area contributed by atoms with Gasteiger partial charge in [-0.2, -0.15) is 0 Å². The summed E-state index contributed by atoms with van der Waals surface area (Å²) in [6, 6.07) is 2.23. The van der Waals surface area contributed by atoms with Crippen molar-refractivity contribution in [2.75, 3.05) is 6.61 Å². The molecule has 1 aliphatic rings. The first kappa shape index (κ1) is 12.0. The van der Waals surface area contributed by atoms with Gasteiger partial charge in [0.05, 0.1) is 6.54 Å². The Labute approximate surface area is 101 Å². The van der Waals surface area contributed by atoms with E-state index in [-0.39, 0.29) is 18.9 Å². The number of furan rings is 1. The van der Waals surface area contributed by atoms with Crippen LogP contribution in [-0.4, -0.2) is 24.5 Å². The zero-order valence-corrected chi connectivity index (χ0v) is 9.12. The van der Waals surface area contributed by atoms with E-state index in [2.05, 4.69) is 25.7 Å². The van der Waals surface area contributed by atoms with Crippen LogP contribution in [0.25, 0.3) is 10.4 Å². The molecule has 0 radical (unpaired) electrons. The molecule has 2 N–H and O–H groups in total. The molecule has 0 saturated carbocycles.